The van der Waals surface area contributed by atoms with Gasteiger partial charge in [-0.15, -0.1) is 0 Å². The van der Waals surface area contributed by atoms with Gasteiger partial charge in [-0.3, -0.25) is 4.79 Å². The van der Waals surface area contributed by atoms with E-state index in [-0.39, 0.29) is 11.9 Å². The van der Waals surface area contributed by atoms with Crippen LogP contribution in [0.25, 0.3) is 11.1 Å². The second kappa shape index (κ2) is 8.82. The van der Waals surface area contributed by atoms with E-state index in [1.54, 1.807) is 0 Å². The highest BCUT2D eigenvalue weighted by molar-refractivity contribution is 5.95. The maximum Gasteiger partial charge on any atom is 0.251 e. The van der Waals surface area contributed by atoms with Gasteiger partial charge in [0.2, 0.25) is 0 Å². The van der Waals surface area contributed by atoms with Crippen LogP contribution in [0.2, 0.25) is 0 Å². The van der Waals surface area contributed by atoms with Crippen molar-refractivity contribution in [1.29, 1.82) is 0 Å². The molecule has 1 N–H and O–H groups in total. The number of nitrogens with zero attached hydrogens (tertiary/aromatic N) is 1. The molecule has 0 heterocycles. The molecule has 0 spiro atoms. The Bertz CT molecular complexity index is 707. The maximum absolute atomic E-state index is 12.7. The molecule has 0 saturated heterocycles. The van der Waals surface area contributed by atoms with E-state index < -0.39 is 0 Å². The molecule has 0 unspecified atom stereocenters. The summed E-state index contributed by atoms with van der Waals surface area (Å²) < 4.78 is 0. The van der Waals surface area contributed by atoms with Crippen LogP contribution in [0.15, 0.2) is 48.5 Å². The van der Waals surface area contributed by atoms with Gasteiger partial charge in [-0.05, 0) is 55.3 Å². The number of likely N-dealkylation sites (N-methyl/N-ethyl adjacent to an activating group) is 1. The number of hydrogen-bond donors (Lipinski definition) is 1. The van der Waals surface area contributed by atoms with E-state index in [4.69, 9.17) is 0 Å². The molecule has 2 rings (SSSR count). The number of carbonyl (C=O) groups excluding carboxylic acids is 1. The summed E-state index contributed by atoms with van der Waals surface area (Å²) in [7, 11) is 4.06. The first-order valence-corrected chi connectivity index (χ1v) is 9.05. The van der Waals surface area contributed by atoms with E-state index in [0.717, 1.165) is 24.1 Å². The first-order valence-electron chi connectivity index (χ1n) is 9.05. The normalized spacial score (nSPS) is 12.4. The van der Waals surface area contributed by atoms with Crippen LogP contribution >= 0.6 is 0 Å². The molecule has 134 valence electrons. The molecule has 25 heavy (non-hydrogen) atoms. The molecule has 1 atom stereocenters. The van der Waals surface area contributed by atoms with Crippen LogP contribution in [0, 0.1) is 5.92 Å². The van der Waals surface area contributed by atoms with E-state index >= 15 is 0 Å². The molecule has 0 bridgehead atoms. The Morgan fingerprint density at radius 2 is 1.68 bits per heavy atom. The van der Waals surface area contributed by atoms with E-state index in [1.165, 1.54) is 5.56 Å². The minimum atomic E-state index is -0.00551. The summed E-state index contributed by atoms with van der Waals surface area (Å²) in [6.45, 7) is 7.27. The van der Waals surface area contributed by atoms with Crippen molar-refractivity contribution in [3.63, 3.8) is 0 Å². The predicted octanol–water partition coefficient (Wildman–Crippen LogP) is 4.23. The molecule has 0 aliphatic carbocycles. The highest BCUT2D eigenvalue weighted by atomic mass is 16.1. The Kier molecular flexibility index (Phi) is 6.77. The van der Waals surface area contributed by atoms with Crippen LogP contribution in [-0.4, -0.2) is 37.5 Å². The number of hydrogen-bond acceptors (Lipinski definition) is 2. The van der Waals surface area contributed by atoms with E-state index in [0.29, 0.717) is 11.5 Å². The lowest BCUT2D eigenvalue weighted by molar-refractivity contribution is 0.0916. The van der Waals surface area contributed by atoms with E-state index in [9.17, 15) is 4.79 Å². The van der Waals surface area contributed by atoms with Crippen LogP contribution in [-0.2, 0) is 6.42 Å². The Labute approximate surface area is 152 Å². The average molecular weight is 338 g/mol. The summed E-state index contributed by atoms with van der Waals surface area (Å²) in [5.74, 6) is 0.379. The lowest BCUT2D eigenvalue weighted by atomic mass is 9.99. The highest BCUT2D eigenvalue weighted by Gasteiger charge is 2.18. The second-order valence-corrected chi connectivity index (χ2v) is 7.22. The van der Waals surface area contributed by atoms with Gasteiger partial charge in [-0.25, -0.2) is 0 Å². The number of amides is 1. The van der Waals surface area contributed by atoms with Crippen LogP contribution in [0.3, 0.4) is 0 Å². The Hall–Kier alpha value is -2.13. The summed E-state index contributed by atoms with van der Waals surface area (Å²) in [5, 5.41) is 3.18. The van der Waals surface area contributed by atoms with Crippen molar-refractivity contribution in [3.8, 4) is 11.1 Å². The van der Waals surface area contributed by atoms with Gasteiger partial charge < -0.3 is 10.2 Å². The highest BCUT2D eigenvalue weighted by Crippen LogP contribution is 2.22. The molecule has 3 nitrogen and oxygen atoms in total. The van der Waals surface area contributed by atoms with Crippen molar-refractivity contribution in [1.82, 2.24) is 10.2 Å². The number of benzene rings is 2. The van der Waals surface area contributed by atoms with E-state index in [2.05, 4.69) is 61.3 Å². The molecule has 2 aromatic rings. The molecule has 0 aliphatic heterocycles. The Balaban J connectivity index is 2.20. The molecule has 0 radical (unpaired) electrons. The van der Waals surface area contributed by atoms with Crippen molar-refractivity contribution in [2.24, 2.45) is 5.92 Å². The molecule has 0 aromatic heterocycles. The zero-order chi connectivity index (χ0) is 18.4. The SMILES string of the molecule is CCc1cccc(-c2cccc(C(=O)N[C@@H](CN(C)C)C(C)C)c2)c1. The summed E-state index contributed by atoms with van der Waals surface area (Å²) in [5.41, 5.74) is 4.25. The van der Waals surface area contributed by atoms with Crippen molar-refractivity contribution < 1.29 is 4.79 Å². The van der Waals surface area contributed by atoms with Crippen molar-refractivity contribution in [2.75, 3.05) is 20.6 Å². The first-order chi connectivity index (χ1) is 11.9. The number of rotatable bonds is 7. The minimum absolute atomic E-state index is 0.00551. The lowest BCUT2D eigenvalue weighted by Crippen LogP contribution is -2.45. The quantitative estimate of drug-likeness (QED) is 0.819. The van der Waals surface area contributed by atoms with Gasteiger partial charge in [0.25, 0.3) is 5.91 Å². The minimum Gasteiger partial charge on any atom is -0.348 e. The van der Waals surface area contributed by atoms with Crippen molar-refractivity contribution >= 4 is 5.91 Å². The van der Waals surface area contributed by atoms with Gasteiger partial charge in [0, 0.05) is 18.2 Å². The number of carbonyl (C=O) groups is 1. The summed E-state index contributed by atoms with van der Waals surface area (Å²) in [4.78, 5) is 14.8. The fourth-order valence-corrected chi connectivity index (χ4v) is 2.88. The van der Waals surface area contributed by atoms with Crippen LogP contribution in [0.5, 0.6) is 0 Å². The van der Waals surface area contributed by atoms with Gasteiger partial charge in [0.05, 0.1) is 0 Å². The Morgan fingerprint density at radius 3 is 2.28 bits per heavy atom. The van der Waals surface area contributed by atoms with Gasteiger partial charge in [0.1, 0.15) is 0 Å². The molecule has 0 aliphatic rings. The summed E-state index contributed by atoms with van der Waals surface area (Å²) in [6.07, 6.45) is 1.01. The standard InChI is InChI=1S/C22H30N2O/c1-6-17-9-7-10-18(13-17)19-11-8-12-20(14-19)22(25)23-21(16(2)3)15-24(4)5/h7-14,16,21H,6,15H2,1-5H3,(H,23,25)/t21-/m0/s1. The molecule has 0 saturated carbocycles. The monoisotopic (exact) mass is 338 g/mol. The third-order valence-electron chi connectivity index (χ3n) is 4.48. The van der Waals surface area contributed by atoms with Gasteiger partial charge in [0.15, 0.2) is 0 Å². The zero-order valence-electron chi connectivity index (χ0n) is 16.0. The number of nitrogens with one attached hydrogen (secondary N) is 1. The van der Waals surface area contributed by atoms with E-state index in [1.807, 2.05) is 32.3 Å². The predicted molar refractivity (Wildman–Crippen MR) is 106 cm³/mol. The molecule has 0 fully saturated rings. The average Bonchev–Trinajstić information content (AvgIpc) is 2.60. The summed E-state index contributed by atoms with van der Waals surface area (Å²) in [6, 6.07) is 16.5. The molecule has 1 amide bonds. The van der Waals surface area contributed by atoms with Crippen LogP contribution < -0.4 is 5.32 Å². The molecule has 2 aromatic carbocycles. The first kappa shape index (κ1) is 19.2. The van der Waals surface area contributed by atoms with Crippen molar-refractivity contribution in [3.05, 3.63) is 59.7 Å². The largest absolute Gasteiger partial charge is 0.348 e. The molecular formula is C22H30N2O. The molecular weight excluding hydrogens is 308 g/mol. The Morgan fingerprint density at radius 1 is 1.04 bits per heavy atom. The third-order valence-corrected chi connectivity index (χ3v) is 4.48. The topological polar surface area (TPSA) is 32.3 Å². The third kappa shape index (κ3) is 5.43. The smallest absolute Gasteiger partial charge is 0.251 e. The van der Waals surface area contributed by atoms with Crippen LogP contribution in [0.1, 0.15) is 36.7 Å². The van der Waals surface area contributed by atoms with Gasteiger partial charge >= 0.3 is 0 Å². The summed E-state index contributed by atoms with van der Waals surface area (Å²) >= 11 is 0. The van der Waals surface area contributed by atoms with Crippen molar-refractivity contribution in [2.45, 2.75) is 33.2 Å². The maximum atomic E-state index is 12.7. The lowest BCUT2D eigenvalue weighted by Gasteiger charge is -2.25. The zero-order valence-corrected chi connectivity index (χ0v) is 16.0. The van der Waals surface area contributed by atoms with Gasteiger partial charge in [-0.1, -0.05) is 57.2 Å². The molecule has 3 heteroatoms. The second-order valence-electron chi connectivity index (χ2n) is 7.22. The fourth-order valence-electron chi connectivity index (χ4n) is 2.88. The fraction of sp³-hybridized carbons (Fsp3) is 0.409. The van der Waals surface area contributed by atoms with Crippen LogP contribution in [0.4, 0.5) is 0 Å². The number of aryl methyl sites for hydroxylation is 1. The van der Waals surface area contributed by atoms with Gasteiger partial charge in [-0.2, -0.15) is 0 Å².